The summed E-state index contributed by atoms with van der Waals surface area (Å²) in [7, 11) is 1.56. The molecule has 1 aromatic rings. The fraction of sp³-hybridized carbons (Fsp3) is 0.556. The number of aromatic nitrogens is 2. The lowest BCUT2D eigenvalue weighted by Crippen LogP contribution is -2.08. The van der Waals surface area contributed by atoms with Crippen molar-refractivity contribution < 1.29 is 4.74 Å². The van der Waals surface area contributed by atoms with Crippen LogP contribution >= 0.6 is 11.8 Å². The van der Waals surface area contributed by atoms with Crippen molar-refractivity contribution in [1.29, 1.82) is 0 Å². The monoisotopic (exact) mass is 228 g/mol. The van der Waals surface area contributed by atoms with Crippen LogP contribution in [0.3, 0.4) is 0 Å². The zero-order chi connectivity index (χ0) is 11.1. The second-order valence-corrected chi connectivity index (χ2v) is 3.90. The van der Waals surface area contributed by atoms with Gasteiger partial charge in [-0.15, -0.1) is 0 Å². The average molecular weight is 228 g/mol. The molecule has 0 fully saturated rings. The van der Waals surface area contributed by atoms with E-state index in [2.05, 4.69) is 21.5 Å². The van der Waals surface area contributed by atoms with Crippen LogP contribution in [0.1, 0.15) is 6.42 Å². The molecule has 0 aliphatic carbocycles. The van der Waals surface area contributed by atoms with E-state index in [1.807, 2.05) is 11.8 Å². The predicted molar refractivity (Wildman–Crippen MR) is 64.5 cm³/mol. The number of anilines is 2. The van der Waals surface area contributed by atoms with Crippen molar-refractivity contribution in [3.05, 3.63) is 6.33 Å². The Morgan fingerprint density at radius 1 is 1.53 bits per heavy atom. The molecule has 1 aromatic heterocycles. The van der Waals surface area contributed by atoms with E-state index in [0.717, 1.165) is 18.7 Å². The van der Waals surface area contributed by atoms with Crippen LogP contribution < -0.4 is 15.8 Å². The average Bonchev–Trinajstić information content (AvgIpc) is 2.24. The van der Waals surface area contributed by atoms with Gasteiger partial charge in [-0.05, 0) is 18.4 Å². The van der Waals surface area contributed by atoms with Crippen LogP contribution in [0.4, 0.5) is 11.6 Å². The highest BCUT2D eigenvalue weighted by Gasteiger charge is 2.07. The van der Waals surface area contributed by atoms with Crippen molar-refractivity contribution in [2.75, 3.05) is 36.7 Å². The van der Waals surface area contributed by atoms with Gasteiger partial charge in [-0.2, -0.15) is 11.8 Å². The summed E-state index contributed by atoms with van der Waals surface area (Å²) in [4.78, 5) is 7.93. The maximum atomic E-state index is 5.64. The third-order valence-corrected chi connectivity index (χ3v) is 2.55. The van der Waals surface area contributed by atoms with E-state index in [1.54, 1.807) is 7.11 Å². The van der Waals surface area contributed by atoms with Gasteiger partial charge in [0.15, 0.2) is 11.6 Å². The lowest BCUT2D eigenvalue weighted by atomic mass is 10.4. The molecule has 0 atom stereocenters. The number of hydrogen-bond acceptors (Lipinski definition) is 6. The van der Waals surface area contributed by atoms with Gasteiger partial charge in [0, 0.05) is 6.54 Å². The summed E-state index contributed by atoms with van der Waals surface area (Å²) in [6, 6.07) is 0. The van der Waals surface area contributed by atoms with E-state index >= 15 is 0 Å². The lowest BCUT2D eigenvalue weighted by Gasteiger charge is -2.10. The maximum absolute atomic E-state index is 5.64. The normalized spacial score (nSPS) is 10.0. The zero-order valence-corrected chi connectivity index (χ0v) is 9.80. The lowest BCUT2D eigenvalue weighted by molar-refractivity contribution is 0.415. The molecule has 0 aromatic carbocycles. The van der Waals surface area contributed by atoms with Crippen molar-refractivity contribution in [2.24, 2.45) is 0 Å². The number of rotatable bonds is 6. The van der Waals surface area contributed by atoms with Gasteiger partial charge in [0.2, 0.25) is 5.75 Å². The van der Waals surface area contributed by atoms with E-state index in [-0.39, 0.29) is 0 Å². The van der Waals surface area contributed by atoms with Gasteiger partial charge < -0.3 is 15.8 Å². The Balaban J connectivity index is 2.56. The molecule has 15 heavy (non-hydrogen) atoms. The highest BCUT2D eigenvalue weighted by Crippen LogP contribution is 2.25. The molecule has 0 unspecified atom stereocenters. The largest absolute Gasteiger partial charge is 0.490 e. The fourth-order valence-corrected chi connectivity index (χ4v) is 1.57. The topological polar surface area (TPSA) is 73.1 Å². The molecule has 0 aliphatic heterocycles. The predicted octanol–water partition coefficient (Wildman–Crippen LogP) is 1.23. The molecule has 0 bridgehead atoms. The Morgan fingerprint density at radius 2 is 2.33 bits per heavy atom. The molecule has 1 heterocycles. The molecule has 3 N–H and O–H groups in total. The molecule has 0 spiro atoms. The van der Waals surface area contributed by atoms with Crippen LogP contribution in [0.2, 0.25) is 0 Å². The first-order valence-corrected chi connectivity index (χ1v) is 6.06. The Labute approximate surface area is 93.8 Å². The molecule has 1 rings (SSSR count). The van der Waals surface area contributed by atoms with Crippen molar-refractivity contribution in [3.63, 3.8) is 0 Å². The molecule has 0 amide bonds. The molecule has 5 nitrogen and oxygen atoms in total. The summed E-state index contributed by atoms with van der Waals surface area (Å²) < 4.78 is 5.12. The third kappa shape index (κ3) is 3.47. The quantitative estimate of drug-likeness (QED) is 0.713. The van der Waals surface area contributed by atoms with Crippen molar-refractivity contribution in [1.82, 2.24) is 9.97 Å². The smallest absolute Gasteiger partial charge is 0.203 e. The number of hydrogen-bond donors (Lipinski definition) is 2. The molecular weight excluding hydrogens is 212 g/mol. The van der Waals surface area contributed by atoms with E-state index in [9.17, 15) is 0 Å². The van der Waals surface area contributed by atoms with Crippen molar-refractivity contribution >= 4 is 23.4 Å². The number of thioether (sulfide) groups is 1. The van der Waals surface area contributed by atoms with Crippen LogP contribution in [-0.4, -0.2) is 35.6 Å². The first-order chi connectivity index (χ1) is 7.29. The number of ether oxygens (including phenoxy) is 1. The highest BCUT2D eigenvalue weighted by molar-refractivity contribution is 7.98. The molecular formula is C9H16N4OS. The summed E-state index contributed by atoms with van der Waals surface area (Å²) >= 11 is 1.82. The van der Waals surface area contributed by atoms with Gasteiger partial charge in [-0.1, -0.05) is 0 Å². The Kier molecular flexibility index (Phi) is 5.03. The first kappa shape index (κ1) is 11.9. The minimum Gasteiger partial charge on any atom is -0.490 e. The van der Waals surface area contributed by atoms with Gasteiger partial charge in [0.05, 0.1) is 7.11 Å². The van der Waals surface area contributed by atoms with Gasteiger partial charge in [-0.25, -0.2) is 9.97 Å². The number of nitrogens with zero attached hydrogens (tertiary/aromatic N) is 2. The van der Waals surface area contributed by atoms with Gasteiger partial charge >= 0.3 is 0 Å². The minimum absolute atomic E-state index is 0.361. The van der Waals surface area contributed by atoms with E-state index in [4.69, 9.17) is 10.5 Å². The zero-order valence-electron chi connectivity index (χ0n) is 8.99. The number of nitrogen functional groups attached to an aromatic ring is 1. The Morgan fingerprint density at radius 3 is 3.00 bits per heavy atom. The van der Waals surface area contributed by atoms with E-state index < -0.39 is 0 Å². The van der Waals surface area contributed by atoms with Crippen LogP contribution in [-0.2, 0) is 0 Å². The minimum atomic E-state index is 0.361. The standard InChI is InChI=1S/C9H16N4OS/c1-14-7-8(10)12-6-13-9(7)11-4-3-5-15-2/h6H,3-5H2,1-2H3,(H3,10,11,12,13). The van der Waals surface area contributed by atoms with E-state index in [1.165, 1.54) is 6.33 Å². The summed E-state index contributed by atoms with van der Waals surface area (Å²) in [6.07, 6.45) is 4.59. The van der Waals surface area contributed by atoms with Crippen LogP contribution in [0.5, 0.6) is 5.75 Å². The second-order valence-electron chi connectivity index (χ2n) is 2.91. The molecule has 6 heteroatoms. The number of nitrogens with one attached hydrogen (secondary N) is 1. The van der Waals surface area contributed by atoms with E-state index in [0.29, 0.717) is 17.4 Å². The Bertz CT molecular complexity index is 308. The molecule has 0 aliphatic rings. The Hall–Kier alpha value is -1.17. The van der Waals surface area contributed by atoms with Crippen molar-refractivity contribution in [3.8, 4) is 5.75 Å². The number of nitrogens with two attached hydrogens (primary N) is 1. The second kappa shape index (κ2) is 6.34. The van der Waals surface area contributed by atoms with Crippen molar-refractivity contribution in [2.45, 2.75) is 6.42 Å². The van der Waals surface area contributed by atoms with Crippen LogP contribution in [0, 0.1) is 0 Å². The highest BCUT2D eigenvalue weighted by atomic mass is 32.2. The summed E-state index contributed by atoms with van der Waals surface area (Å²) in [6.45, 7) is 0.855. The fourth-order valence-electron chi connectivity index (χ4n) is 1.14. The molecule has 84 valence electrons. The van der Waals surface area contributed by atoms with Crippen LogP contribution in [0.25, 0.3) is 0 Å². The molecule has 0 saturated heterocycles. The third-order valence-electron chi connectivity index (χ3n) is 1.85. The number of methoxy groups -OCH3 is 1. The maximum Gasteiger partial charge on any atom is 0.203 e. The first-order valence-electron chi connectivity index (χ1n) is 4.67. The van der Waals surface area contributed by atoms with Crippen LogP contribution in [0.15, 0.2) is 6.33 Å². The summed E-state index contributed by atoms with van der Waals surface area (Å²) in [5, 5.41) is 3.17. The molecule has 0 saturated carbocycles. The SMILES string of the molecule is COc1c(N)ncnc1NCCCSC. The van der Waals surface area contributed by atoms with Gasteiger partial charge in [0.25, 0.3) is 0 Å². The summed E-state index contributed by atoms with van der Waals surface area (Å²) in [5.74, 6) is 2.66. The molecule has 0 radical (unpaired) electrons. The summed E-state index contributed by atoms with van der Waals surface area (Å²) in [5.41, 5.74) is 5.64. The van der Waals surface area contributed by atoms with Gasteiger partial charge in [0.1, 0.15) is 6.33 Å². The van der Waals surface area contributed by atoms with Gasteiger partial charge in [-0.3, -0.25) is 0 Å².